The van der Waals surface area contributed by atoms with Crippen molar-refractivity contribution in [1.82, 2.24) is 4.90 Å². The maximum atomic E-state index is 11.6. The molecule has 18 heavy (non-hydrogen) atoms. The Bertz CT molecular complexity index is 266. The monoisotopic (exact) mass is 257 g/mol. The predicted molar refractivity (Wildman–Crippen MR) is 66.2 cm³/mol. The van der Waals surface area contributed by atoms with Crippen molar-refractivity contribution in [2.75, 3.05) is 33.4 Å². The summed E-state index contributed by atoms with van der Waals surface area (Å²) in [6.07, 6.45) is 5.21. The molecule has 0 saturated carbocycles. The van der Waals surface area contributed by atoms with Crippen molar-refractivity contribution in [2.45, 2.75) is 44.4 Å². The summed E-state index contributed by atoms with van der Waals surface area (Å²) in [6, 6.07) is -0.0779. The minimum Gasteiger partial charge on any atom is -0.468 e. The van der Waals surface area contributed by atoms with E-state index in [1.807, 2.05) is 0 Å². The molecule has 0 radical (unpaired) electrons. The van der Waals surface area contributed by atoms with Crippen LogP contribution in [0.2, 0.25) is 0 Å². The normalized spacial score (nSPS) is 29.4. The van der Waals surface area contributed by atoms with Crippen LogP contribution in [-0.4, -0.2) is 56.6 Å². The quantitative estimate of drug-likeness (QED) is 0.692. The van der Waals surface area contributed by atoms with Crippen LogP contribution in [0.5, 0.6) is 0 Å². The average Bonchev–Trinajstić information content (AvgIpc) is 2.87. The van der Waals surface area contributed by atoms with E-state index >= 15 is 0 Å². The van der Waals surface area contributed by atoms with Gasteiger partial charge in [-0.15, -0.1) is 0 Å². The lowest BCUT2D eigenvalue weighted by molar-refractivity contribution is -0.165. The topological polar surface area (TPSA) is 48.0 Å². The Balaban J connectivity index is 1.67. The van der Waals surface area contributed by atoms with Crippen molar-refractivity contribution in [2.24, 2.45) is 0 Å². The highest BCUT2D eigenvalue weighted by atomic mass is 16.7. The van der Waals surface area contributed by atoms with Gasteiger partial charge in [-0.1, -0.05) is 0 Å². The maximum Gasteiger partial charge on any atom is 0.323 e. The summed E-state index contributed by atoms with van der Waals surface area (Å²) in [5, 5.41) is 0. The van der Waals surface area contributed by atoms with Crippen molar-refractivity contribution in [1.29, 1.82) is 0 Å². The minimum absolute atomic E-state index is 0.0436. The molecule has 0 N–H and O–H groups in total. The van der Waals surface area contributed by atoms with E-state index in [4.69, 9.17) is 14.2 Å². The number of carbonyl (C=O) groups excluding carboxylic acids is 1. The van der Waals surface area contributed by atoms with Gasteiger partial charge in [-0.2, -0.15) is 0 Å². The van der Waals surface area contributed by atoms with Crippen LogP contribution in [-0.2, 0) is 19.0 Å². The Morgan fingerprint density at radius 1 is 1.33 bits per heavy atom. The first-order valence-corrected chi connectivity index (χ1v) is 6.86. The van der Waals surface area contributed by atoms with Gasteiger partial charge in [0.25, 0.3) is 0 Å². The summed E-state index contributed by atoms with van der Waals surface area (Å²) >= 11 is 0. The Hall–Kier alpha value is -0.650. The van der Waals surface area contributed by atoms with E-state index < -0.39 is 0 Å². The Labute approximate surface area is 108 Å². The van der Waals surface area contributed by atoms with E-state index in [9.17, 15) is 4.79 Å². The Kier molecular flexibility index (Phi) is 5.41. The van der Waals surface area contributed by atoms with Gasteiger partial charge in [-0.3, -0.25) is 9.69 Å². The van der Waals surface area contributed by atoms with Crippen LogP contribution >= 0.6 is 0 Å². The Morgan fingerprint density at radius 2 is 2.22 bits per heavy atom. The molecule has 0 aliphatic carbocycles. The molecule has 2 rings (SSSR count). The fraction of sp³-hybridized carbons (Fsp3) is 0.923. The summed E-state index contributed by atoms with van der Waals surface area (Å²) < 4.78 is 16.0. The Morgan fingerprint density at radius 3 is 2.94 bits per heavy atom. The van der Waals surface area contributed by atoms with Gasteiger partial charge in [0.1, 0.15) is 6.04 Å². The summed E-state index contributed by atoms with van der Waals surface area (Å²) in [4.78, 5) is 13.7. The second-order valence-electron chi connectivity index (χ2n) is 4.88. The standard InChI is InChI=1S/C13H23NO4/c1-16-13(15)11-5-4-7-14(11)8-10-18-12-6-2-3-9-17-12/h11-12H,2-10H2,1H3. The maximum absolute atomic E-state index is 11.6. The van der Waals surface area contributed by atoms with Gasteiger partial charge in [0.05, 0.1) is 13.7 Å². The number of carbonyl (C=O) groups is 1. The number of hydrogen-bond donors (Lipinski definition) is 0. The van der Waals surface area contributed by atoms with Gasteiger partial charge in [0.2, 0.25) is 0 Å². The average molecular weight is 257 g/mol. The van der Waals surface area contributed by atoms with Crippen LogP contribution in [0.15, 0.2) is 0 Å². The third-order valence-corrected chi connectivity index (χ3v) is 3.66. The molecule has 5 nitrogen and oxygen atoms in total. The van der Waals surface area contributed by atoms with Crippen molar-refractivity contribution < 1.29 is 19.0 Å². The smallest absolute Gasteiger partial charge is 0.323 e. The number of likely N-dealkylation sites (tertiary alicyclic amines) is 1. The van der Waals surface area contributed by atoms with E-state index in [2.05, 4.69) is 4.90 Å². The van der Waals surface area contributed by atoms with E-state index in [1.165, 1.54) is 13.5 Å². The minimum atomic E-state index is -0.124. The van der Waals surface area contributed by atoms with E-state index in [0.29, 0.717) is 6.61 Å². The highest BCUT2D eigenvalue weighted by Gasteiger charge is 2.31. The number of esters is 1. The first-order chi connectivity index (χ1) is 8.81. The lowest BCUT2D eigenvalue weighted by Gasteiger charge is -2.26. The van der Waals surface area contributed by atoms with Crippen LogP contribution in [0.1, 0.15) is 32.1 Å². The first kappa shape index (κ1) is 13.8. The molecule has 0 bridgehead atoms. The summed E-state index contributed by atoms with van der Waals surface area (Å²) in [6.45, 7) is 3.16. The molecule has 2 aliphatic heterocycles. The molecule has 2 saturated heterocycles. The number of nitrogens with zero attached hydrogens (tertiary/aromatic N) is 1. The van der Waals surface area contributed by atoms with E-state index in [1.54, 1.807) is 0 Å². The SMILES string of the molecule is COC(=O)C1CCCN1CCOC1CCCCO1. The molecule has 2 fully saturated rings. The molecule has 2 aliphatic rings. The van der Waals surface area contributed by atoms with Gasteiger partial charge in [0.15, 0.2) is 6.29 Å². The summed E-state index contributed by atoms with van der Waals surface area (Å²) in [5.41, 5.74) is 0. The summed E-state index contributed by atoms with van der Waals surface area (Å²) in [7, 11) is 1.45. The molecule has 104 valence electrons. The summed E-state index contributed by atoms with van der Waals surface area (Å²) in [5.74, 6) is -0.124. The highest BCUT2D eigenvalue weighted by molar-refractivity contribution is 5.75. The van der Waals surface area contributed by atoms with Crippen LogP contribution in [0.4, 0.5) is 0 Å². The zero-order chi connectivity index (χ0) is 12.8. The van der Waals surface area contributed by atoms with Crippen molar-refractivity contribution in [3.05, 3.63) is 0 Å². The van der Waals surface area contributed by atoms with Crippen molar-refractivity contribution >= 4 is 5.97 Å². The molecule has 0 aromatic carbocycles. The second kappa shape index (κ2) is 7.07. The molecule has 2 atom stereocenters. The van der Waals surface area contributed by atoms with Crippen LogP contribution in [0, 0.1) is 0 Å². The molecule has 2 heterocycles. The highest BCUT2D eigenvalue weighted by Crippen LogP contribution is 2.18. The van der Waals surface area contributed by atoms with E-state index in [0.717, 1.165) is 45.4 Å². The predicted octanol–water partition coefficient (Wildman–Crippen LogP) is 1.17. The second-order valence-corrected chi connectivity index (χ2v) is 4.88. The van der Waals surface area contributed by atoms with Crippen molar-refractivity contribution in [3.63, 3.8) is 0 Å². The van der Waals surface area contributed by atoms with Crippen LogP contribution < -0.4 is 0 Å². The largest absolute Gasteiger partial charge is 0.468 e. The number of hydrogen-bond acceptors (Lipinski definition) is 5. The molecule has 0 amide bonds. The van der Waals surface area contributed by atoms with Crippen LogP contribution in [0.25, 0.3) is 0 Å². The molecule has 2 unspecified atom stereocenters. The molecule has 0 aromatic rings. The lowest BCUT2D eigenvalue weighted by Crippen LogP contribution is -2.39. The third kappa shape index (κ3) is 3.67. The van der Waals surface area contributed by atoms with Gasteiger partial charge in [-0.25, -0.2) is 0 Å². The van der Waals surface area contributed by atoms with E-state index in [-0.39, 0.29) is 18.3 Å². The number of ether oxygens (including phenoxy) is 3. The lowest BCUT2D eigenvalue weighted by atomic mass is 10.2. The molecule has 5 heteroatoms. The molecular formula is C13H23NO4. The van der Waals surface area contributed by atoms with Gasteiger partial charge >= 0.3 is 5.97 Å². The molecule has 0 aromatic heterocycles. The zero-order valence-corrected chi connectivity index (χ0v) is 11.1. The van der Waals surface area contributed by atoms with Gasteiger partial charge in [-0.05, 0) is 38.6 Å². The fourth-order valence-corrected chi connectivity index (χ4v) is 2.64. The fourth-order valence-electron chi connectivity index (χ4n) is 2.64. The number of methoxy groups -OCH3 is 1. The van der Waals surface area contributed by atoms with Crippen LogP contribution in [0.3, 0.4) is 0 Å². The van der Waals surface area contributed by atoms with Crippen molar-refractivity contribution in [3.8, 4) is 0 Å². The van der Waals surface area contributed by atoms with Gasteiger partial charge in [0, 0.05) is 13.2 Å². The molecular weight excluding hydrogens is 234 g/mol. The number of rotatable bonds is 5. The molecule has 0 spiro atoms. The zero-order valence-electron chi connectivity index (χ0n) is 11.1. The first-order valence-electron chi connectivity index (χ1n) is 6.86. The third-order valence-electron chi connectivity index (χ3n) is 3.66. The van der Waals surface area contributed by atoms with Gasteiger partial charge < -0.3 is 14.2 Å².